The number of ether oxygens (including phenoxy) is 2. The second-order valence-electron chi connectivity index (χ2n) is 7.50. The van der Waals surface area contributed by atoms with Crippen LogP contribution in [0.5, 0.6) is 5.75 Å². The molecule has 1 spiro atoms. The Morgan fingerprint density at radius 2 is 1.76 bits per heavy atom. The molecule has 0 atom stereocenters. The normalized spacial score (nSPS) is 17.6. The van der Waals surface area contributed by atoms with Gasteiger partial charge in [-0.3, -0.25) is 4.79 Å². The van der Waals surface area contributed by atoms with Crippen LogP contribution in [0.25, 0.3) is 0 Å². The smallest absolute Gasteiger partial charge is 0.409 e. The number of fused-ring (bicyclic) bond motifs is 1. The molecule has 0 aliphatic carbocycles. The molecule has 0 aromatic heterocycles. The van der Waals surface area contributed by atoms with E-state index in [0.717, 1.165) is 5.56 Å². The lowest BCUT2D eigenvalue weighted by Crippen LogP contribution is -2.52. The van der Waals surface area contributed by atoms with Crippen LogP contribution in [0.2, 0.25) is 0 Å². The standard InChI is InChI=1S/C22H21F2NO4/c23-16-3-1-15(2-4-16)7-12-28-21(27)25-10-8-22(9-11-25)14-19(26)18-13-17(24)5-6-20(18)29-22/h1-6,13H,7-12,14H2. The fourth-order valence-electron chi connectivity index (χ4n) is 3.84. The van der Waals surface area contributed by atoms with Crippen LogP contribution < -0.4 is 4.74 Å². The molecule has 2 aliphatic rings. The molecule has 0 unspecified atom stereocenters. The van der Waals surface area contributed by atoms with E-state index in [-0.39, 0.29) is 30.2 Å². The number of carbonyl (C=O) groups excluding carboxylic acids is 2. The zero-order chi connectivity index (χ0) is 20.4. The first-order valence-corrected chi connectivity index (χ1v) is 9.62. The van der Waals surface area contributed by atoms with Crippen LogP contribution in [0.15, 0.2) is 42.5 Å². The van der Waals surface area contributed by atoms with Crippen molar-refractivity contribution < 1.29 is 27.8 Å². The van der Waals surface area contributed by atoms with Gasteiger partial charge in [-0.15, -0.1) is 0 Å². The molecule has 1 fully saturated rings. The lowest BCUT2D eigenvalue weighted by atomic mass is 9.82. The molecule has 1 saturated heterocycles. The lowest BCUT2D eigenvalue weighted by Gasteiger charge is -2.43. The number of hydrogen-bond donors (Lipinski definition) is 0. The van der Waals surface area contributed by atoms with Gasteiger partial charge in [0.15, 0.2) is 5.78 Å². The number of rotatable bonds is 3. The molecule has 0 radical (unpaired) electrons. The molecule has 29 heavy (non-hydrogen) atoms. The highest BCUT2D eigenvalue weighted by Crippen LogP contribution is 2.39. The highest BCUT2D eigenvalue weighted by atomic mass is 19.1. The monoisotopic (exact) mass is 401 g/mol. The van der Waals surface area contributed by atoms with Crippen molar-refractivity contribution in [3.63, 3.8) is 0 Å². The van der Waals surface area contributed by atoms with E-state index in [1.54, 1.807) is 17.0 Å². The van der Waals surface area contributed by atoms with E-state index < -0.39 is 17.5 Å². The predicted octanol–water partition coefficient (Wildman–Crippen LogP) is 4.14. The average molecular weight is 401 g/mol. The van der Waals surface area contributed by atoms with Crippen LogP contribution in [0.4, 0.5) is 13.6 Å². The van der Waals surface area contributed by atoms with E-state index in [9.17, 15) is 18.4 Å². The summed E-state index contributed by atoms with van der Waals surface area (Å²) in [5.74, 6) is -0.502. The largest absolute Gasteiger partial charge is 0.486 e. The molecule has 2 heterocycles. The number of likely N-dealkylation sites (tertiary alicyclic amines) is 1. The van der Waals surface area contributed by atoms with E-state index in [2.05, 4.69) is 0 Å². The van der Waals surface area contributed by atoms with Crippen molar-refractivity contribution in [2.75, 3.05) is 19.7 Å². The van der Waals surface area contributed by atoms with Crippen molar-refractivity contribution in [2.24, 2.45) is 0 Å². The zero-order valence-corrected chi connectivity index (χ0v) is 15.8. The fraction of sp³-hybridized carbons (Fsp3) is 0.364. The number of halogens is 2. The predicted molar refractivity (Wildman–Crippen MR) is 101 cm³/mol. The first-order valence-electron chi connectivity index (χ1n) is 9.62. The van der Waals surface area contributed by atoms with Gasteiger partial charge in [0.05, 0.1) is 18.6 Å². The summed E-state index contributed by atoms with van der Waals surface area (Å²) in [6.07, 6.45) is 1.28. The summed E-state index contributed by atoms with van der Waals surface area (Å²) in [7, 11) is 0. The molecule has 152 valence electrons. The summed E-state index contributed by atoms with van der Waals surface area (Å²) in [6.45, 7) is 1.04. The van der Waals surface area contributed by atoms with Crippen molar-refractivity contribution in [1.29, 1.82) is 0 Å². The first kappa shape index (κ1) is 19.4. The Hall–Kier alpha value is -2.96. The third kappa shape index (κ3) is 4.23. The quantitative estimate of drug-likeness (QED) is 0.776. The summed E-state index contributed by atoms with van der Waals surface area (Å²) >= 11 is 0. The molecule has 2 aromatic carbocycles. The molecule has 2 aromatic rings. The molecule has 5 nitrogen and oxygen atoms in total. The molecule has 7 heteroatoms. The SMILES string of the molecule is O=C1CC2(CCN(C(=O)OCCc3ccc(F)cc3)CC2)Oc2ccc(F)cc21. The van der Waals surface area contributed by atoms with E-state index in [4.69, 9.17) is 9.47 Å². The Balaban J connectivity index is 1.30. The van der Waals surface area contributed by atoms with Crippen molar-refractivity contribution in [3.8, 4) is 5.75 Å². The highest BCUT2D eigenvalue weighted by Gasteiger charge is 2.44. The van der Waals surface area contributed by atoms with E-state index in [0.29, 0.717) is 38.1 Å². The lowest BCUT2D eigenvalue weighted by molar-refractivity contribution is -0.00903. The Kier molecular flexibility index (Phi) is 5.22. The maximum absolute atomic E-state index is 13.4. The minimum atomic E-state index is -0.660. The van der Waals surface area contributed by atoms with E-state index in [1.165, 1.54) is 30.3 Å². The van der Waals surface area contributed by atoms with Gasteiger partial charge in [0, 0.05) is 32.4 Å². The maximum Gasteiger partial charge on any atom is 0.409 e. The Morgan fingerprint density at radius 1 is 1.07 bits per heavy atom. The number of ketones is 1. The van der Waals surface area contributed by atoms with E-state index >= 15 is 0 Å². The van der Waals surface area contributed by atoms with Gasteiger partial charge in [-0.1, -0.05) is 12.1 Å². The van der Waals surface area contributed by atoms with Crippen LogP contribution >= 0.6 is 0 Å². The minimum absolute atomic E-state index is 0.138. The van der Waals surface area contributed by atoms with Crippen molar-refractivity contribution >= 4 is 11.9 Å². The van der Waals surface area contributed by atoms with Gasteiger partial charge in [0.1, 0.15) is 23.0 Å². The van der Waals surface area contributed by atoms with Gasteiger partial charge >= 0.3 is 6.09 Å². The number of Topliss-reactive ketones (excluding diaryl/α,β-unsaturated/α-hetero) is 1. The molecular formula is C22H21F2NO4. The molecular weight excluding hydrogens is 380 g/mol. The third-order valence-electron chi connectivity index (χ3n) is 5.51. The zero-order valence-electron chi connectivity index (χ0n) is 15.8. The number of nitrogens with zero attached hydrogens (tertiary/aromatic N) is 1. The van der Waals surface area contributed by atoms with Crippen molar-refractivity contribution in [3.05, 3.63) is 65.2 Å². The molecule has 2 aliphatic heterocycles. The second-order valence-corrected chi connectivity index (χ2v) is 7.50. The van der Waals surface area contributed by atoms with Crippen LogP contribution in [0, 0.1) is 11.6 Å². The van der Waals surface area contributed by atoms with Crippen molar-refractivity contribution in [2.45, 2.75) is 31.3 Å². The number of amides is 1. The van der Waals surface area contributed by atoms with Crippen LogP contribution in [-0.4, -0.2) is 42.1 Å². The first-order chi connectivity index (χ1) is 13.9. The number of piperidine rings is 1. The molecule has 0 N–H and O–H groups in total. The molecule has 0 bridgehead atoms. The van der Waals surface area contributed by atoms with Gasteiger partial charge in [-0.25, -0.2) is 13.6 Å². The molecule has 0 saturated carbocycles. The minimum Gasteiger partial charge on any atom is -0.486 e. The van der Waals surface area contributed by atoms with Gasteiger partial charge < -0.3 is 14.4 Å². The summed E-state index contributed by atoms with van der Waals surface area (Å²) in [4.78, 5) is 26.4. The third-order valence-corrected chi connectivity index (χ3v) is 5.51. The van der Waals surface area contributed by atoms with Gasteiger partial charge in [0.25, 0.3) is 0 Å². The average Bonchev–Trinajstić information content (AvgIpc) is 2.71. The van der Waals surface area contributed by atoms with Gasteiger partial charge in [0.2, 0.25) is 0 Å². The molecule has 4 rings (SSSR count). The van der Waals surface area contributed by atoms with E-state index in [1.807, 2.05) is 0 Å². The van der Waals surface area contributed by atoms with Crippen LogP contribution in [-0.2, 0) is 11.2 Å². The number of hydrogen-bond acceptors (Lipinski definition) is 4. The maximum atomic E-state index is 13.4. The summed E-state index contributed by atoms with van der Waals surface area (Å²) in [5.41, 5.74) is 0.506. The van der Waals surface area contributed by atoms with Gasteiger partial charge in [-0.2, -0.15) is 0 Å². The fourth-order valence-corrected chi connectivity index (χ4v) is 3.84. The Bertz CT molecular complexity index is 921. The molecule has 1 amide bonds. The Labute approximate surface area is 167 Å². The summed E-state index contributed by atoms with van der Waals surface area (Å²) < 4.78 is 37.7. The van der Waals surface area contributed by atoms with Crippen LogP contribution in [0.3, 0.4) is 0 Å². The van der Waals surface area contributed by atoms with Gasteiger partial charge in [-0.05, 0) is 35.9 Å². The summed E-state index contributed by atoms with van der Waals surface area (Å²) in [5, 5.41) is 0. The van der Waals surface area contributed by atoms with Crippen LogP contribution in [0.1, 0.15) is 35.2 Å². The van der Waals surface area contributed by atoms with Crippen molar-refractivity contribution in [1.82, 2.24) is 4.90 Å². The number of carbonyl (C=O) groups is 2. The number of benzene rings is 2. The highest BCUT2D eigenvalue weighted by molar-refractivity contribution is 6.00. The summed E-state index contributed by atoms with van der Waals surface area (Å²) in [6, 6.07) is 10.0. The topological polar surface area (TPSA) is 55.8 Å². The second kappa shape index (κ2) is 7.81. The Morgan fingerprint density at radius 3 is 2.48 bits per heavy atom.